The van der Waals surface area contributed by atoms with Crippen molar-refractivity contribution < 1.29 is 4.79 Å². The van der Waals surface area contributed by atoms with Gasteiger partial charge in [0.1, 0.15) is 6.17 Å². The molecule has 0 bridgehead atoms. The number of aromatic nitrogens is 1. The first-order valence-electron chi connectivity index (χ1n) is 8.95. The van der Waals surface area contributed by atoms with Gasteiger partial charge in [0.25, 0.3) is 0 Å². The number of pyridine rings is 1. The van der Waals surface area contributed by atoms with Crippen LogP contribution in [0.3, 0.4) is 0 Å². The number of aliphatic imine (C=N–C) groups is 1. The van der Waals surface area contributed by atoms with Crippen LogP contribution in [0.1, 0.15) is 19.0 Å². The van der Waals surface area contributed by atoms with E-state index in [-0.39, 0.29) is 18.0 Å². The number of hydrogen-bond donors (Lipinski definition) is 4. The summed E-state index contributed by atoms with van der Waals surface area (Å²) in [5.41, 5.74) is 7.15. The highest BCUT2D eigenvalue weighted by molar-refractivity contribution is 6.00. The summed E-state index contributed by atoms with van der Waals surface area (Å²) in [4.78, 5) is 23.6. The molecular weight excluding hydrogens is 318 g/mol. The Morgan fingerprint density at radius 1 is 1.40 bits per heavy atom. The Labute approximate surface area is 147 Å². The van der Waals surface area contributed by atoms with E-state index in [1.165, 1.54) is 0 Å². The van der Waals surface area contributed by atoms with Gasteiger partial charge >= 0.3 is 0 Å². The van der Waals surface area contributed by atoms with Gasteiger partial charge < -0.3 is 5.32 Å². The molecule has 4 unspecified atom stereocenters. The second-order valence-electron chi connectivity index (χ2n) is 7.12. The molecule has 4 heterocycles. The van der Waals surface area contributed by atoms with Gasteiger partial charge in [0.05, 0.1) is 11.6 Å². The fourth-order valence-corrected chi connectivity index (χ4v) is 3.78. The van der Waals surface area contributed by atoms with Gasteiger partial charge in [-0.1, -0.05) is 13.0 Å². The standard InChI is InChI=1S/C17H25N7O/c1-11-9-24(10-12-4-2-3-6-18-12)7-5-14(11)20-17-21-15-13(8-19-23-15)16(25)22-17/h2-4,6,11,13-15,19,23H,5,7-10H2,1H3,(H2,20,21,22,25). The van der Waals surface area contributed by atoms with Crippen molar-refractivity contribution in [3.63, 3.8) is 0 Å². The molecule has 4 N–H and O–H groups in total. The van der Waals surface area contributed by atoms with E-state index in [2.05, 4.69) is 49.4 Å². The molecule has 2 saturated heterocycles. The maximum Gasteiger partial charge on any atom is 0.234 e. The van der Waals surface area contributed by atoms with Crippen molar-refractivity contribution in [3.8, 4) is 0 Å². The van der Waals surface area contributed by atoms with Crippen LogP contribution in [0.5, 0.6) is 0 Å². The summed E-state index contributed by atoms with van der Waals surface area (Å²) in [5, 5.41) is 6.35. The summed E-state index contributed by atoms with van der Waals surface area (Å²) in [6.07, 6.45) is 2.69. The maximum atomic E-state index is 12.1. The van der Waals surface area contributed by atoms with Crippen LogP contribution < -0.4 is 21.5 Å². The number of piperidine rings is 1. The third kappa shape index (κ3) is 3.65. The zero-order valence-corrected chi connectivity index (χ0v) is 14.4. The van der Waals surface area contributed by atoms with E-state index in [1.807, 2.05) is 18.3 Å². The summed E-state index contributed by atoms with van der Waals surface area (Å²) in [6, 6.07) is 6.36. The van der Waals surface area contributed by atoms with Gasteiger partial charge in [-0.2, -0.15) is 0 Å². The molecule has 0 aliphatic carbocycles. The molecule has 134 valence electrons. The number of hydrogen-bond acceptors (Lipinski definition) is 7. The zero-order valence-electron chi connectivity index (χ0n) is 14.4. The van der Waals surface area contributed by atoms with Crippen molar-refractivity contribution in [1.82, 2.24) is 31.4 Å². The molecule has 8 nitrogen and oxygen atoms in total. The first-order chi connectivity index (χ1) is 12.2. The highest BCUT2D eigenvalue weighted by atomic mass is 16.2. The molecular formula is C17H25N7O. The van der Waals surface area contributed by atoms with Crippen molar-refractivity contribution in [3.05, 3.63) is 30.1 Å². The summed E-state index contributed by atoms with van der Waals surface area (Å²) < 4.78 is 0. The minimum atomic E-state index is -0.171. The normalized spacial score (nSPS) is 32.7. The summed E-state index contributed by atoms with van der Waals surface area (Å²) in [6.45, 7) is 5.75. The molecule has 1 aromatic heterocycles. The Bertz CT molecular complexity index is 650. The Kier molecular flexibility index (Phi) is 4.65. The van der Waals surface area contributed by atoms with E-state index in [0.29, 0.717) is 24.5 Å². The molecule has 3 aliphatic rings. The van der Waals surface area contributed by atoms with Gasteiger partial charge in [-0.25, -0.2) is 10.4 Å². The summed E-state index contributed by atoms with van der Waals surface area (Å²) >= 11 is 0. The van der Waals surface area contributed by atoms with Gasteiger partial charge in [0, 0.05) is 38.4 Å². The molecule has 1 amide bonds. The highest BCUT2D eigenvalue weighted by Crippen LogP contribution is 2.19. The second kappa shape index (κ2) is 7.07. The Hall–Kier alpha value is -2.03. The number of rotatable bonds is 3. The quantitative estimate of drug-likeness (QED) is 0.587. The number of fused-ring (bicyclic) bond motifs is 1. The molecule has 0 aromatic carbocycles. The SMILES string of the molecule is CC1CN(Cc2ccccn2)CCC1NC1=NC2NNCC2C(=O)N1. The lowest BCUT2D eigenvalue weighted by molar-refractivity contribution is -0.123. The van der Waals surface area contributed by atoms with Crippen LogP contribution in [-0.4, -0.2) is 53.6 Å². The summed E-state index contributed by atoms with van der Waals surface area (Å²) in [5.74, 6) is 0.963. The van der Waals surface area contributed by atoms with E-state index >= 15 is 0 Å². The van der Waals surface area contributed by atoms with Crippen molar-refractivity contribution in [1.29, 1.82) is 0 Å². The average molecular weight is 343 g/mol. The van der Waals surface area contributed by atoms with Crippen LogP contribution in [0.25, 0.3) is 0 Å². The van der Waals surface area contributed by atoms with Gasteiger partial charge in [0.15, 0.2) is 5.96 Å². The number of hydrazine groups is 1. The van der Waals surface area contributed by atoms with Crippen molar-refractivity contribution >= 4 is 11.9 Å². The smallest absolute Gasteiger partial charge is 0.234 e. The topological polar surface area (TPSA) is 93.7 Å². The fourth-order valence-electron chi connectivity index (χ4n) is 3.78. The lowest BCUT2D eigenvalue weighted by Gasteiger charge is -2.38. The van der Waals surface area contributed by atoms with Crippen molar-refractivity contribution in [2.45, 2.75) is 32.1 Å². The third-order valence-corrected chi connectivity index (χ3v) is 5.22. The maximum absolute atomic E-state index is 12.1. The van der Waals surface area contributed by atoms with Crippen molar-refractivity contribution in [2.75, 3.05) is 19.6 Å². The van der Waals surface area contributed by atoms with E-state index in [9.17, 15) is 4.79 Å². The molecule has 4 atom stereocenters. The number of carbonyl (C=O) groups is 1. The van der Waals surface area contributed by atoms with Gasteiger partial charge in [0.2, 0.25) is 5.91 Å². The molecule has 25 heavy (non-hydrogen) atoms. The lowest BCUT2D eigenvalue weighted by Crippen LogP contribution is -2.57. The highest BCUT2D eigenvalue weighted by Gasteiger charge is 2.38. The van der Waals surface area contributed by atoms with E-state index < -0.39 is 0 Å². The minimum Gasteiger partial charge on any atom is -0.353 e. The fraction of sp³-hybridized carbons (Fsp3) is 0.588. The molecule has 0 spiro atoms. The number of likely N-dealkylation sites (tertiary alicyclic amines) is 1. The molecule has 2 fully saturated rings. The zero-order chi connectivity index (χ0) is 17.2. The van der Waals surface area contributed by atoms with Crippen LogP contribution in [0, 0.1) is 11.8 Å². The Morgan fingerprint density at radius 2 is 2.32 bits per heavy atom. The van der Waals surface area contributed by atoms with Crippen LogP contribution >= 0.6 is 0 Å². The molecule has 0 saturated carbocycles. The first-order valence-corrected chi connectivity index (χ1v) is 8.95. The van der Waals surface area contributed by atoms with Crippen molar-refractivity contribution in [2.24, 2.45) is 16.8 Å². The monoisotopic (exact) mass is 343 g/mol. The van der Waals surface area contributed by atoms with Gasteiger partial charge in [-0.05, 0) is 24.5 Å². The Morgan fingerprint density at radius 3 is 3.12 bits per heavy atom. The van der Waals surface area contributed by atoms with Crippen LogP contribution in [0.15, 0.2) is 29.4 Å². The van der Waals surface area contributed by atoms with E-state index in [4.69, 9.17) is 0 Å². The average Bonchev–Trinajstić information content (AvgIpc) is 3.07. The molecule has 8 heteroatoms. The van der Waals surface area contributed by atoms with E-state index in [1.54, 1.807) is 0 Å². The lowest BCUT2D eigenvalue weighted by atomic mass is 9.93. The predicted octanol–water partition coefficient (Wildman–Crippen LogP) is -0.582. The Balaban J connectivity index is 1.33. The molecule has 4 rings (SSSR count). The minimum absolute atomic E-state index is 0.0280. The van der Waals surface area contributed by atoms with Crippen LogP contribution in [0.4, 0.5) is 0 Å². The number of nitrogens with zero attached hydrogens (tertiary/aromatic N) is 3. The summed E-state index contributed by atoms with van der Waals surface area (Å²) in [7, 11) is 0. The number of amides is 1. The molecule has 3 aliphatic heterocycles. The van der Waals surface area contributed by atoms with Crippen LogP contribution in [-0.2, 0) is 11.3 Å². The predicted molar refractivity (Wildman–Crippen MR) is 94.2 cm³/mol. The molecule has 0 radical (unpaired) electrons. The van der Waals surface area contributed by atoms with E-state index in [0.717, 1.165) is 31.7 Å². The number of carbonyl (C=O) groups excluding carboxylic acids is 1. The van der Waals surface area contributed by atoms with Gasteiger partial charge in [-0.15, -0.1) is 0 Å². The first kappa shape index (κ1) is 16.4. The third-order valence-electron chi connectivity index (χ3n) is 5.22. The number of nitrogens with one attached hydrogen (secondary N) is 4. The second-order valence-corrected chi connectivity index (χ2v) is 7.12. The number of guanidine groups is 1. The van der Waals surface area contributed by atoms with Crippen LogP contribution in [0.2, 0.25) is 0 Å². The molecule has 1 aromatic rings. The van der Waals surface area contributed by atoms with Gasteiger partial charge in [-0.3, -0.25) is 25.4 Å². The largest absolute Gasteiger partial charge is 0.353 e.